The fourth-order valence-corrected chi connectivity index (χ4v) is 2.46. The van der Waals surface area contributed by atoms with Gasteiger partial charge in [-0.3, -0.25) is 0 Å². The molecule has 1 heterocycles. The quantitative estimate of drug-likeness (QED) is 0.751. The topological polar surface area (TPSA) is 27.7 Å². The smallest absolute Gasteiger partial charge is 0.205 e. The fourth-order valence-electron chi connectivity index (χ4n) is 1.91. The zero-order chi connectivity index (χ0) is 15.0. The van der Waals surface area contributed by atoms with E-state index >= 15 is 0 Å². The van der Waals surface area contributed by atoms with Gasteiger partial charge in [-0.05, 0) is 26.0 Å². The lowest BCUT2D eigenvalue weighted by atomic mass is 10.1. The first kappa shape index (κ1) is 15.5. The normalized spacial score (nSPS) is 17.2. The van der Waals surface area contributed by atoms with Crippen LogP contribution in [0.2, 0.25) is 0 Å². The molecule has 0 bridgehead atoms. The number of hydrogen-bond acceptors (Lipinski definition) is 3. The van der Waals surface area contributed by atoms with Crippen molar-refractivity contribution in [3.05, 3.63) is 40.4 Å². The lowest BCUT2D eigenvalue weighted by Gasteiger charge is -2.34. The summed E-state index contributed by atoms with van der Waals surface area (Å²) in [5.74, 6) is 0.257. The Morgan fingerprint density at radius 3 is 2.80 bits per heavy atom. The molecule has 0 atom stereocenters. The lowest BCUT2D eigenvalue weighted by molar-refractivity contribution is -0.181. The van der Waals surface area contributed by atoms with E-state index in [1.807, 2.05) is 39.8 Å². The number of rotatable bonds is 4. The van der Waals surface area contributed by atoms with Crippen LogP contribution in [0.3, 0.4) is 0 Å². The summed E-state index contributed by atoms with van der Waals surface area (Å²) in [7, 11) is 0. The summed E-state index contributed by atoms with van der Waals surface area (Å²) in [4.78, 5) is 0. The van der Waals surface area contributed by atoms with E-state index in [2.05, 4.69) is 22.5 Å². The summed E-state index contributed by atoms with van der Waals surface area (Å²) < 4.78 is 18.5. The van der Waals surface area contributed by atoms with E-state index in [0.717, 1.165) is 21.3 Å². The third kappa shape index (κ3) is 3.62. The van der Waals surface area contributed by atoms with E-state index in [0.29, 0.717) is 13.2 Å². The highest BCUT2D eigenvalue weighted by Crippen LogP contribution is 2.37. The number of ether oxygens (including phenoxy) is 3. The molecule has 4 heteroatoms. The maximum absolute atomic E-state index is 5.96. The van der Waals surface area contributed by atoms with Gasteiger partial charge in [0.2, 0.25) is 5.79 Å². The van der Waals surface area contributed by atoms with E-state index < -0.39 is 5.79 Å². The first-order valence-electron chi connectivity index (χ1n) is 6.64. The molecule has 0 radical (unpaired) electrons. The molecular weight excluding hydrogens is 320 g/mol. The molecule has 0 saturated carbocycles. The van der Waals surface area contributed by atoms with Gasteiger partial charge in [0.1, 0.15) is 5.75 Å². The van der Waals surface area contributed by atoms with Crippen LogP contribution < -0.4 is 4.74 Å². The third-order valence-corrected chi connectivity index (χ3v) is 3.68. The Bertz CT molecular complexity index is 521. The number of fused-ring (bicyclic) bond motifs is 1. The minimum atomic E-state index is -0.608. The van der Waals surface area contributed by atoms with Gasteiger partial charge in [-0.1, -0.05) is 22.0 Å². The highest BCUT2D eigenvalue weighted by atomic mass is 79.9. The second-order valence-electron chi connectivity index (χ2n) is 5.94. The third-order valence-electron chi connectivity index (χ3n) is 3.22. The van der Waals surface area contributed by atoms with Crippen molar-refractivity contribution < 1.29 is 14.2 Å². The molecule has 0 aliphatic carbocycles. The molecule has 2 rings (SSSR count). The summed E-state index contributed by atoms with van der Waals surface area (Å²) in [6, 6.07) is 4.05. The molecule has 110 valence electrons. The van der Waals surface area contributed by atoms with Crippen LogP contribution in [0.4, 0.5) is 0 Å². The van der Waals surface area contributed by atoms with Crippen LogP contribution in [0.1, 0.15) is 38.8 Å². The van der Waals surface area contributed by atoms with Gasteiger partial charge >= 0.3 is 0 Å². The van der Waals surface area contributed by atoms with Crippen molar-refractivity contribution in [2.75, 3.05) is 0 Å². The van der Waals surface area contributed by atoms with Crippen LogP contribution in [-0.4, -0.2) is 11.4 Å². The SMILES string of the molecule is C=CC(C)(C)OCc1cc(Br)cc2c1OC(C)(C)OC2. The lowest BCUT2D eigenvalue weighted by Crippen LogP contribution is -2.36. The van der Waals surface area contributed by atoms with Crippen molar-refractivity contribution in [2.45, 2.75) is 52.3 Å². The van der Waals surface area contributed by atoms with Crippen LogP contribution in [0, 0.1) is 0 Å². The molecule has 0 unspecified atom stereocenters. The van der Waals surface area contributed by atoms with Crippen molar-refractivity contribution >= 4 is 15.9 Å². The van der Waals surface area contributed by atoms with Crippen LogP contribution in [0.5, 0.6) is 5.75 Å². The molecule has 3 nitrogen and oxygen atoms in total. The maximum Gasteiger partial charge on any atom is 0.205 e. The summed E-state index contributed by atoms with van der Waals surface area (Å²) in [5.41, 5.74) is 1.69. The Morgan fingerprint density at radius 2 is 2.15 bits per heavy atom. The van der Waals surface area contributed by atoms with Gasteiger partial charge in [0, 0.05) is 29.4 Å². The largest absolute Gasteiger partial charge is 0.462 e. The number of halogens is 1. The van der Waals surface area contributed by atoms with Crippen molar-refractivity contribution in [3.8, 4) is 5.75 Å². The predicted octanol–water partition coefficient (Wildman–Crippen LogP) is 4.58. The molecule has 0 spiro atoms. The maximum atomic E-state index is 5.96. The van der Waals surface area contributed by atoms with E-state index in [9.17, 15) is 0 Å². The Hall–Kier alpha value is -0.840. The second-order valence-corrected chi connectivity index (χ2v) is 6.86. The van der Waals surface area contributed by atoms with Gasteiger partial charge in [0.25, 0.3) is 0 Å². The standard InChI is InChI=1S/C16H21BrO3/c1-6-15(2,3)18-9-11-7-13(17)8-12-10-19-16(4,5)20-14(11)12/h6-8H,1,9-10H2,2-5H3. The van der Waals surface area contributed by atoms with Crippen molar-refractivity contribution in [1.29, 1.82) is 0 Å². The summed E-state index contributed by atoms with van der Waals surface area (Å²) in [6.07, 6.45) is 1.80. The molecule has 1 aliphatic rings. The minimum absolute atomic E-state index is 0.365. The van der Waals surface area contributed by atoms with E-state index in [4.69, 9.17) is 14.2 Å². The van der Waals surface area contributed by atoms with Gasteiger partial charge < -0.3 is 14.2 Å². The summed E-state index contributed by atoms with van der Waals surface area (Å²) >= 11 is 3.52. The summed E-state index contributed by atoms with van der Waals surface area (Å²) in [6.45, 7) is 12.6. The van der Waals surface area contributed by atoms with E-state index in [-0.39, 0.29) is 5.60 Å². The number of hydrogen-bond donors (Lipinski definition) is 0. The van der Waals surface area contributed by atoms with Crippen LogP contribution in [-0.2, 0) is 22.7 Å². The van der Waals surface area contributed by atoms with Crippen molar-refractivity contribution in [1.82, 2.24) is 0 Å². The molecule has 0 aromatic heterocycles. The fraction of sp³-hybridized carbons (Fsp3) is 0.500. The van der Waals surface area contributed by atoms with Crippen LogP contribution >= 0.6 is 15.9 Å². The van der Waals surface area contributed by atoms with Crippen molar-refractivity contribution in [3.63, 3.8) is 0 Å². The molecule has 1 aromatic rings. The van der Waals surface area contributed by atoms with Crippen LogP contribution in [0.15, 0.2) is 29.3 Å². The van der Waals surface area contributed by atoms with Gasteiger partial charge in [0.05, 0.1) is 18.8 Å². The molecule has 0 N–H and O–H groups in total. The van der Waals surface area contributed by atoms with Crippen molar-refractivity contribution in [2.24, 2.45) is 0 Å². The highest BCUT2D eigenvalue weighted by Gasteiger charge is 2.29. The van der Waals surface area contributed by atoms with E-state index in [1.165, 1.54) is 0 Å². The highest BCUT2D eigenvalue weighted by molar-refractivity contribution is 9.10. The molecular formula is C16H21BrO3. The van der Waals surface area contributed by atoms with Gasteiger partial charge in [-0.25, -0.2) is 0 Å². The first-order chi connectivity index (χ1) is 9.22. The number of benzene rings is 1. The average molecular weight is 341 g/mol. The van der Waals surface area contributed by atoms with Crippen LogP contribution in [0.25, 0.3) is 0 Å². The molecule has 0 amide bonds. The predicted molar refractivity (Wildman–Crippen MR) is 82.7 cm³/mol. The Morgan fingerprint density at radius 1 is 1.45 bits per heavy atom. The first-order valence-corrected chi connectivity index (χ1v) is 7.43. The zero-order valence-electron chi connectivity index (χ0n) is 12.5. The van der Waals surface area contributed by atoms with Gasteiger partial charge in [-0.2, -0.15) is 0 Å². The summed E-state index contributed by atoms with van der Waals surface area (Å²) in [5, 5.41) is 0. The average Bonchev–Trinajstić information content (AvgIpc) is 2.36. The van der Waals surface area contributed by atoms with Gasteiger partial charge in [-0.15, -0.1) is 6.58 Å². The molecule has 20 heavy (non-hydrogen) atoms. The van der Waals surface area contributed by atoms with Gasteiger partial charge in [0.15, 0.2) is 0 Å². The van der Waals surface area contributed by atoms with E-state index in [1.54, 1.807) is 6.08 Å². The zero-order valence-corrected chi connectivity index (χ0v) is 14.0. The second kappa shape index (κ2) is 5.51. The molecule has 1 aliphatic heterocycles. The Labute approximate surface area is 129 Å². The Balaban J connectivity index is 2.29. The molecule has 0 saturated heterocycles. The Kier molecular flexibility index (Phi) is 4.28. The monoisotopic (exact) mass is 340 g/mol. The molecule has 0 fully saturated rings. The minimum Gasteiger partial charge on any atom is -0.462 e. The molecule has 1 aromatic carbocycles.